The highest BCUT2D eigenvalue weighted by molar-refractivity contribution is 7.99. The Kier molecular flexibility index (Phi) is 6.87. The van der Waals surface area contributed by atoms with Crippen LogP contribution in [0, 0.1) is 5.82 Å². The van der Waals surface area contributed by atoms with Gasteiger partial charge in [0.25, 0.3) is 5.91 Å². The molecule has 0 aliphatic heterocycles. The van der Waals surface area contributed by atoms with Gasteiger partial charge >= 0.3 is 5.97 Å². The van der Waals surface area contributed by atoms with Gasteiger partial charge in [0.15, 0.2) is 4.80 Å². The number of thiazole rings is 1. The number of aromatic nitrogens is 1. The van der Waals surface area contributed by atoms with E-state index in [4.69, 9.17) is 4.74 Å². The van der Waals surface area contributed by atoms with Crippen molar-refractivity contribution in [3.05, 3.63) is 58.6 Å². The number of amides is 1. The maximum absolute atomic E-state index is 14.4. The summed E-state index contributed by atoms with van der Waals surface area (Å²) in [5.41, 5.74) is 0.678. The van der Waals surface area contributed by atoms with Crippen molar-refractivity contribution in [2.24, 2.45) is 4.99 Å². The molecule has 0 N–H and O–H groups in total. The normalized spacial score (nSPS) is 12.0. The Hall–Kier alpha value is -2.45. The van der Waals surface area contributed by atoms with Crippen LogP contribution >= 0.6 is 23.1 Å². The number of rotatable bonds is 6. The Labute approximate surface area is 176 Å². The highest BCUT2D eigenvalue weighted by atomic mass is 32.2. The highest BCUT2D eigenvalue weighted by Crippen LogP contribution is 2.24. The Morgan fingerprint density at radius 1 is 1.24 bits per heavy atom. The van der Waals surface area contributed by atoms with Gasteiger partial charge in [0, 0.05) is 15.7 Å². The van der Waals surface area contributed by atoms with Crippen LogP contribution in [-0.2, 0) is 16.1 Å². The van der Waals surface area contributed by atoms with Crippen LogP contribution in [0.25, 0.3) is 10.2 Å². The molecule has 0 radical (unpaired) electrons. The van der Waals surface area contributed by atoms with Gasteiger partial charge in [-0.25, -0.2) is 4.39 Å². The minimum atomic E-state index is -0.514. The first-order chi connectivity index (χ1) is 13.9. The zero-order chi connectivity index (χ0) is 21.0. The van der Waals surface area contributed by atoms with Gasteiger partial charge in [-0.3, -0.25) is 9.59 Å². The quantitative estimate of drug-likeness (QED) is 0.420. The third kappa shape index (κ3) is 5.13. The molecular formula is C21H21FN2O3S2. The Morgan fingerprint density at radius 2 is 2.00 bits per heavy atom. The van der Waals surface area contributed by atoms with Crippen molar-refractivity contribution >= 4 is 45.2 Å². The summed E-state index contributed by atoms with van der Waals surface area (Å²) in [5, 5.41) is 0.384. The average Bonchev–Trinajstić information content (AvgIpc) is 3.00. The first-order valence-corrected chi connectivity index (χ1v) is 10.9. The molecule has 0 aliphatic carbocycles. The largest absolute Gasteiger partial charge is 0.465 e. The van der Waals surface area contributed by atoms with Gasteiger partial charge in [-0.1, -0.05) is 37.3 Å². The number of benzene rings is 2. The molecule has 0 aliphatic rings. The number of ether oxygens (including phenoxy) is 1. The van der Waals surface area contributed by atoms with Crippen LogP contribution in [0.3, 0.4) is 0 Å². The van der Waals surface area contributed by atoms with E-state index < -0.39 is 17.7 Å². The van der Waals surface area contributed by atoms with E-state index in [1.54, 1.807) is 43.0 Å². The van der Waals surface area contributed by atoms with Crippen molar-refractivity contribution in [2.75, 3.05) is 6.61 Å². The molecule has 0 bridgehead atoms. The molecule has 0 saturated carbocycles. The molecule has 0 unspecified atom stereocenters. The molecule has 5 nitrogen and oxygen atoms in total. The lowest BCUT2D eigenvalue weighted by Gasteiger charge is -2.06. The van der Waals surface area contributed by atoms with Crippen LogP contribution < -0.4 is 4.80 Å². The van der Waals surface area contributed by atoms with Gasteiger partial charge in [-0.2, -0.15) is 4.99 Å². The molecule has 3 rings (SSSR count). The number of nitrogens with zero attached hydrogens (tertiary/aromatic N) is 2. The second kappa shape index (κ2) is 9.37. The summed E-state index contributed by atoms with van der Waals surface area (Å²) in [6.07, 6.45) is 0. The fourth-order valence-corrected chi connectivity index (χ4v) is 4.72. The molecule has 3 aromatic rings. The first-order valence-electron chi connectivity index (χ1n) is 9.18. The van der Waals surface area contributed by atoms with Gasteiger partial charge in [0.05, 0.1) is 16.8 Å². The van der Waals surface area contributed by atoms with Crippen LogP contribution in [0.2, 0.25) is 0 Å². The topological polar surface area (TPSA) is 60.7 Å². The fourth-order valence-electron chi connectivity index (χ4n) is 2.78. The van der Waals surface area contributed by atoms with Gasteiger partial charge in [0.1, 0.15) is 12.4 Å². The summed E-state index contributed by atoms with van der Waals surface area (Å²) in [6, 6.07) is 11.9. The second-order valence-electron chi connectivity index (χ2n) is 6.47. The maximum Gasteiger partial charge on any atom is 0.326 e. The Bertz CT molecular complexity index is 1120. The molecule has 0 saturated heterocycles. The van der Waals surface area contributed by atoms with Crippen LogP contribution in [0.15, 0.2) is 52.4 Å². The van der Waals surface area contributed by atoms with Crippen molar-refractivity contribution in [2.45, 2.75) is 37.5 Å². The van der Waals surface area contributed by atoms with E-state index in [-0.39, 0.29) is 23.5 Å². The molecule has 1 amide bonds. The molecule has 1 heterocycles. The first kappa shape index (κ1) is 21.3. The lowest BCUT2D eigenvalue weighted by molar-refractivity contribution is -0.143. The summed E-state index contributed by atoms with van der Waals surface area (Å²) in [7, 11) is 0. The number of fused-ring (bicyclic) bond motifs is 1. The molecule has 29 heavy (non-hydrogen) atoms. The van der Waals surface area contributed by atoms with Crippen molar-refractivity contribution in [1.82, 2.24) is 4.57 Å². The number of hydrogen-bond donors (Lipinski definition) is 0. The number of esters is 1. The van der Waals surface area contributed by atoms with E-state index in [2.05, 4.69) is 18.8 Å². The van der Waals surface area contributed by atoms with Crippen LogP contribution in [0.5, 0.6) is 0 Å². The number of halogens is 1. The monoisotopic (exact) mass is 432 g/mol. The molecule has 2 aromatic carbocycles. The third-order valence-electron chi connectivity index (χ3n) is 3.89. The van der Waals surface area contributed by atoms with E-state index in [0.29, 0.717) is 15.5 Å². The number of hydrogen-bond acceptors (Lipinski definition) is 5. The molecule has 8 heteroatoms. The second-order valence-corrected chi connectivity index (χ2v) is 9.13. The van der Waals surface area contributed by atoms with Gasteiger partial charge < -0.3 is 9.30 Å². The molecular weight excluding hydrogens is 411 g/mol. The lowest BCUT2D eigenvalue weighted by atomic mass is 10.2. The Balaban J connectivity index is 2.06. The average molecular weight is 433 g/mol. The van der Waals surface area contributed by atoms with E-state index in [0.717, 1.165) is 16.2 Å². The molecule has 1 aromatic heterocycles. The fraction of sp³-hybridized carbons (Fsp3) is 0.286. The van der Waals surface area contributed by atoms with Crippen LogP contribution in [-0.4, -0.2) is 28.3 Å². The summed E-state index contributed by atoms with van der Waals surface area (Å²) in [5.74, 6) is -1.44. The Morgan fingerprint density at radius 3 is 2.72 bits per heavy atom. The van der Waals surface area contributed by atoms with Gasteiger partial charge in [-0.05, 0) is 37.3 Å². The van der Waals surface area contributed by atoms with E-state index in [9.17, 15) is 14.0 Å². The third-order valence-corrected chi connectivity index (χ3v) is 5.94. The SMILES string of the molecule is CCOC(=O)Cn1c(=NC(=O)c2cccc(SC(C)C)c2)sc2cccc(F)c21. The molecule has 0 fully saturated rings. The summed E-state index contributed by atoms with van der Waals surface area (Å²) in [6.45, 7) is 5.85. The number of carbonyl (C=O) groups is 2. The molecule has 0 spiro atoms. The van der Waals surface area contributed by atoms with E-state index in [1.165, 1.54) is 10.6 Å². The zero-order valence-electron chi connectivity index (χ0n) is 16.3. The van der Waals surface area contributed by atoms with E-state index >= 15 is 0 Å². The van der Waals surface area contributed by atoms with Crippen LogP contribution in [0.4, 0.5) is 4.39 Å². The lowest BCUT2D eigenvalue weighted by Crippen LogP contribution is -2.23. The molecule has 152 valence electrons. The number of para-hydroxylation sites is 1. The zero-order valence-corrected chi connectivity index (χ0v) is 18.0. The van der Waals surface area contributed by atoms with Gasteiger partial charge in [-0.15, -0.1) is 11.8 Å². The van der Waals surface area contributed by atoms with E-state index in [1.807, 2.05) is 12.1 Å². The minimum absolute atomic E-state index is 0.218. The summed E-state index contributed by atoms with van der Waals surface area (Å²) < 4.78 is 21.4. The van der Waals surface area contributed by atoms with Crippen molar-refractivity contribution in [3.8, 4) is 0 Å². The van der Waals surface area contributed by atoms with Gasteiger partial charge in [0.2, 0.25) is 0 Å². The van der Waals surface area contributed by atoms with Crippen molar-refractivity contribution in [1.29, 1.82) is 0 Å². The van der Waals surface area contributed by atoms with Crippen LogP contribution in [0.1, 0.15) is 31.1 Å². The summed E-state index contributed by atoms with van der Waals surface area (Å²) >= 11 is 2.81. The predicted molar refractivity (Wildman–Crippen MR) is 114 cm³/mol. The molecule has 0 atom stereocenters. The van der Waals surface area contributed by atoms with Crippen molar-refractivity contribution in [3.63, 3.8) is 0 Å². The number of thioether (sulfide) groups is 1. The smallest absolute Gasteiger partial charge is 0.326 e. The van der Waals surface area contributed by atoms with Crippen molar-refractivity contribution < 1.29 is 18.7 Å². The summed E-state index contributed by atoms with van der Waals surface area (Å²) in [4.78, 5) is 30.2. The minimum Gasteiger partial charge on any atom is -0.465 e. The number of carbonyl (C=O) groups excluding carboxylic acids is 2. The predicted octanol–water partition coefficient (Wildman–Crippen LogP) is 4.65. The highest BCUT2D eigenvalue weighted by Gasteiger charge is 2.16. The maximum atomic E-state index is 14.4. The standard InChI is InChI=1S/C21H21FN2O3S2/c1-4-27-18(25)12-24-19-16(22)9-6-10-17(19)29-21(24)23-20(26)14-7-5-8-15(11-14)28-13(2)3/h5-11,13H,4,12H2,1-3H3.